The van der Waals surface area contributed by atoms with Crippen LogP contribution in [0.5, 0.6) is 0 Å². The van der Waals surface area contributed by atoms with E-state index < -0.39 is 69.9 Å². The Balaban J connectivity index is 2.53. The van der Waals surface area contributed by atoms with Gasteiger partial charge in [0.05, 0.1) is 16.2 Å². The fourth-order valence-corrected chi connectivity index (χ4v) is 2.94. The van der Waals surface area contributed by atoms with Crippen LogP contribution >= 0.6 is 0 Å². The van der Waals surface area contributed by atoms with E-state index in [-0.39, 0.29) is 6.61 Å². The number of esters is 3. The second-order valence-corrected chi connectivity index (χ2v) is 11.7. The molecule has 0 aromatic carbocycles. The van der Waals surface area contributed by atoms with Gasteiger partial charge < -0.3 is 18.9 Å². The first-order valence-corrected chi connectivity index (χ1v) is 11.4. The SMILES string of the molecule is CC(C)(C)C(=O)OC[C@H]1O[C@@H](n2ccc(=O)[nH]c2=O)[C@H](OC(=O)C(C)(C)C)[C@@H]1OC(=O)C(C)(C)C. The molecule has 1 aliphatic rings. The predicted molar refractivity (Wildman–Crippen MR) is 124 cm³/mol. The molecule has 11 nitrogen and oxygen atoms in total. The van der Waals surface area contributed by atoms with Gasteiger partial charge in [-0.2, -0.15) is 0 Å². The van der Waals surface area contributed by atoms with Crippen molar-refractivity contribution in [3.8, 4) is 0 Å². The van der Waals surface area contributed by atoms with Gasteiger partial charge in [0, 0.05) is 12.3 Å². The predicted octanol–water partition coefficient (Wildman–Crippen LogP) is 1.94. The lowest BCUT2D eigenvalue weighted by molar-refractivity contribution is -0.179. The van der Waals surface area contributed by atoms with Crippen LogP contribution in [0.1, 0.15) is 68.5 Å². The van der Waals surface area contributed by atoms with E-state index in [1.54, 1.807) is 62.3 Å². The molecule has 2 heterocycles. The van der Waals surface area contributed by atoms with Gasteiger partial charge in [0.25, 0.3) is 5.56 Å². The van der Waals surface area contributed by atoms with Crippen molar-refractivity contribution < 1.29 is 33.3 Å². The number of H-pyrrole nitrogens is 1. The van der Waals surface area contributed by atoms with Crippen molar-refractivity contribution in [1.82, 2.24) is 9.55 Å². The number of rotatable bonds is 5. The van der Waals surface area contributed by atoms with Crippen molar-refractivity contribution in [3.05, 3.63) is 33.1 Å². The van der Waals surface area contributed by atoms with Gasteiger partial charge in [0.1, 0.15) is 12.7 Å². The van der Waals surface area contributed by atoms with Crippen molar-refractivity contribution in [3.63, 3.8) is 0 Å². The molecule has 1 aromatic heterocycles. The van der Waals surface area contributed by atoms with Gasteiger partial charge in [-0.1, -0.05) is 0 Å². The van der Waals surface area contributed by atoms with E-state index in [1.165, 1.54) is 6.20 Å². The molecule has 0 spiro atoms. The maximum absolute atomic E-state index is 12.8. The number of carbonyl (C=O) groups excluding carboxylic acids is 3. The Labute approximate surface area is 204 Å². The molecule has 0 radical (unpaired) electrons. The van der Waals surface area contributed by atoms with Crippen molar-refractivity contribution >= 4 is 17.9 Å². The first kappa shape index (κ1) is 28.3. The summed E-state index contributed by atoms with van der Waals surface area (Å²) in [5.74, 6) is -1.75. The molecule has 2 rings (SSSR count). The monoisotopic (exact) mass is 496 g/mol. The number of nitrogens with zero attached hydrogens (tertiary/aromatic N) is 1. The Morgan fingerprint density at radius 3 is 1.80 bits per heavy atom. The van der Waals surface area contributed by atoms with Gasteiger partial charge in [0.2, 0.25) is 0 Å². The number of aromatic amines is 1. The molecule has 0 bridgehead atoms. The normalized spacial score (nSPS) is 23.0. The van der Waals surface area contributed by atoms with Crippen LogP contribution < -0.4 is 11.2 Å². The minimum absolute atomic E-state index is 0.323. The summed E-state index contributed by atoms with van der Waals surface area (Å²) in [5.41, 5.74) is -4.07. The molecule has 0 aliphatic carbocycles. The van der Waals surface area contributed by atoms with Crippen LogP contribution in [0.3, 0.4) is 0 Å². The summed E-state index contributed by atoms with van der Waals surface area (Å²) >= 11 is 0. The van der Waals surface area contributed by atoms with E-state index >= 15 is 0 Å². The summed E-state index contributed by atoms with van der Waals surface area (Å²) in [6.45, 7) is 14.6. The van der Waals surface area contributed by atoms with Crippen LogP contribution in [-0.2, 0) is 33.3 Å². The number of carbonyl (C=O) groups is 3. The molecule has 11 heteroatoms. The molecule has 1 aliphatic heterocycles. The van der Waals surface area contributed by atoms with Crippen LogP contribution in [0, 0.1) is 16.2 Å². The summed E-state index contributed by atoms with van der Waals surface area (Å²) in [6.07, 6.45) is -3.61. The second kappa shape index (κ2) is 9.96. The molecule has 4 atom stereocenters. The van der Waals surface area contributed by atoms with Gasteiger partial charge in [-0.05, 0) is 62.3 Å². The summed E-state index contributed by atoms with van der Waals surface area (Å²) in [7, 11) is 0. The largest absolute Gasteiger partial charge is 0.462 e. The zero-order chi connectivity index (χ0) is 26.9. The third kappa shape index (κ3) is 7.03. The fraction of sp³-hybridized carbons (Fsp3) is 0.708. The van der Waals surface area contributed by atoms with Gasteiger partial charge in [-0.15, -0.1) is 0 Å². The first-order valence-electron chi connectivity index (χ1n) is 11.4. The highest BCUT2D eigenvalue weighted by molar-refractivity contribution is 5.77. The lowest BCUT2D eigenvalue weighted by Gasteiger charge is -2.29. The van der Waals surface area contributed by atoms with E-state index in [0.717, 1.165) is 10.6 Å². The van der Waals surface area contributed by atoms with E-state index in [2.05, 4.69) is 4.98 Å². The molecule has 196 valence electrons. The molecule has 0 unspecified atom stereocenters. The number of nitrogens with one attached hydrogen (secondary N) is 1. The van der Waals surface area contributed by atoms with Crippen molar-refractivity contribution in [2.45, 2.75) is 86.9 Å². The Kier molecular flexibility index (Phi) is 8.05. The smallest absolute Gasteiger partial charge is 0.330 e. The Morgan fingerprint density at radius 1 is 0.857 bits per heavy atom. The summed E-state index contributed by atoms with van der Waals surface area (Å²) in [4.78, 5) is 64.2. The van der Waals surface area contributed by atoms with Crippen LogP contribution in [-0.4, -0.2) is 52.4 Å². The van der Waals surface area contributed by atoms with Crippen molar-refractivity contribution in [2.75, 3.05) is 6.61 Å². The highest BCUT2D eigenvalue weighted by Crippen LogP contribution is 2.36. The average molecular weight is 497 g/mol. The maximum atomic E-state index is 12.8. The second-order valence-electron chi connectivity index (χ2n) is 11.7. The summed E-state index contributed by atoms with van der Waals surface area (Å²) in [6, 6.07) is 1.11. The van der Waals surface area contributed by atoms with Gasteiger partial charge in [-0.25, -0.2) is 4.79 Å². The maximum Gasteiger partial charge on any atom is 0.330 e. The Hall–Kier alpha value is -2.95. The lowest BCUT2D eigenvalue weighted by atomic mass is 9.96. The molecular formula is C24H36N2O9. The third-order valence-electron chi connectivity index (χ3n) is 5.11. The minimum Gasteiger partial charge on any atom is -0.462 e. The quantitative estimate of drug-likeness (QED) is 0.478. The van der Waals surface area contributed by atoms with Crippen LogP contribution in [0.4, 0.5) is 0 Å². The fourth-order valence-electron chi connectivity index (χ4n) is 2.94. The third-order valence-corrected chi connectivity index (χ3v) is 5.11. The van der Waals surface area contributed by atoms with Crippen LogP contribution in [0.15, 0.2) is 21.9 Å². The van der Waals surface area contributed by atoms with E-state index in [9.17, 15) is 24.0 Å². The lowest BCUT2D eigenvalue weighted by Crippen LogP contribution is -2.45. The Morgan fingerprint density at radius 2 is 1.34 bits per heavy atom. The zero-order valence-corrected chi connectivity index (χ0v) is 21.8. The number of hydrogen-bond donors (Lipinski definition) is 1. The van der Waals surface area contributed by atoms with Crippen molar-refractivity contribution in [2.24, 2.45) is 16.2 Å². The number of ether oxygens (including phenoxy) is 4. The molecule has 0 saturated carbocycles. The molecular weight excluding hydrogens is 460 g/mol. The first-order chi connectivity index (χ1) is 15.8. The van der Waals surface area contributed by atoms with Gasteiger partial charge >= 0.3 is 23.6 Å². The summed E-state index contributed by atoms with van der Waals surface area (Å²) < 4.78 is 23.9. The van der Waals surface area contributed by atoms with E-state index in [4.69, 9.17) is 18.9 Å². The highest BCUT2D eigenvalue weighted by Gasteiger charge is 2.53. The molecule has 1 aromatic rings. The molecule has 1 saturated heterocycles. The zero-order valence-electron chi connectivity index (χ0n) is 21.8. The average Bonchev–Trinajstić information content (AvgIpc) is 3.00. The number of aromatic nitrogens is 2. The molecule has 0 amide bonds. The number of hydrogen-bond acceptors (Lipinski definition) is 9. The van der Waals surface area contributed by atoms with Gasteiger partial charge in [0.15, 0.2) is 18.4 Å². The Bertz CT molecular complexity index is 1070. The summed E-state index contributed by atoms with van der Waals surface area (Å²) in [5, 5.41) is 0. The minimum atomic E-state index is -1.27. The van der Waals surface area contributed by atoms with E-state index in [0.29, 0.717) is 0 Å². The van der Waals surface area contributed by atoms with E-state index in [1.807, 2.05) is 0 Å². The standard InChI is InChI=1S/C24H36N2O9/c1-22(2,3)18(28)32-12-13-15(34-19(29)23(4,5)6)16(35-20(30)24(7,8)9)17(33-13)26-11-10-14(27)25-21(26)31/h10-11,13,15-17H,12H2,1-9H3,(H,25,27,31)/t13-,15-,16-,17-/m1/s1. The van der Waals surface area contributed by atoms with Crippen LogP contribution in [0.25, 0.3) is 0 Å². The molecule has 1 N–H and O–H groups in total. The highest BCUT2D eigenvalue weighted by atomic mass is 16.7. The van der Waals surface area contributed by atoms with Crippen LogP contribution in [0.2, 0.25) is 0 Å². The molecule has 1 fully saturated rings. The van der Waals surface area contributed by atoms with Crippen molar-refractivity contribution in [1.29, 1.82) is 0 Å². The topological polar surface area (TPSA) is 143 Å². The van der Waals surface area contributed by atoms with Gasteiger partial charge in [-0.3, -0.25) is 28.7 Å². The molecule has 35 heavy (non-hydrogen) atoms.